The first-order valence-electron chi connectivity index (χ1n) is 5.10. The van der Waals surface area contributed by atoms with Crippen LogP contribution < -0.4 is 5.32 Å². The van der Waals surface area contributed by atoms with Gasteiger partial charge in [0.2, 0.25) is 0 Å². The highest BCUT2D eigenvalue weighted by atomic mass is 16.5. The molecule has 0 aliphatic rings. The van der Waals surface area contributed by atoms with Gasteiger partial charge in [0.1, 0.15) is 0 Å². The van der Waals surface area contributed by atoms with Crippen LogP contribution in [-0.4, -0.2) is 26.7 Å². The molecule has 0 aliphatic carbocycles. The molecular formula is C12H17NO3. The van der Waals surface area contributed by atoms with Crippen molar-refractivity contribution < 1.29 is 14.3 Å². The normalized spacial score (nSPS) is 10.1. The number of methoxy groups -OCH3 is 2. The minimum Gasteiger partial charge on any atom is -0.468 e. The van der Waals surface area contributed by atoms with Crippen LogP contribution in [0.1, 0.15) is 11.1 Å². The van der Waals surface area contributed by atoms with Crippen molar-refractivity contribution in [2.75, 3.05) is 20.8 Å². The zero-order valence-corrected chi connectivity index (χ0v) is 9.66. The summed E-state index contributed by atoms with van der Waals surface area (Å²) in [5, 5.41) is 3.01. The maximum Gasteiger partial charge on any atom is 0.319 e. The number of nitrogens with one attached hydrogen (secondary N) is 1. The SMILES string of the molecule is COCc1cccc(CNCC(=O)OC)c1. The third kappa shape index (κ3) is 4.42. The Hall–Kier alpha value is -1.39. The van der Waals surface area contributed by atoms with Gasteiger partial charge in [-0.2, -0.15) is 0 Å². The van der Waals surface area contributed by atoms with Crippen molar-refractivity contribution in [2.24, 2.45) is 0 Å². The van der Waals surface area contributed by atoms with Crippen LogP contribution in [0, 0.1) is 0 Å². The van der Waals surface area contributed by atoms with Crippen molar-refractivity contribution in [2.45, 2.75) is 13.2 Å². The second kappa shape index (κ2) is 6.98. The van der Waals surface area contributed by atoms with Gasteiger partial charge in [0, 0.05) is 13.7 Å². The quantitative estimate of drug-likeness (QED) is 0.733. The molecule has 16 heavy (non-hydrogen) atoms. The van der Waals surface area contributed by atoms with Crippen LogP contribution in [0.5, 0.6) is 0 Å². The summed E-state index contributed by atoms with van der Waals surface area (Å²) in [6.45, 7) is 1.47. The maximum atomic E-state index is 10.9. The molecule has 1 aromatic carbocycles. The fraction of sp³-hybridized carbons (Fsp3) is 0.417. The van der Waals surface area contributed by atoms with E-state index in [1.54, 1.807) is 7.11 Å². The lowest BCUT2D eigenvalue weighted by Gasteiger charge is -2.05. The van der Waals surface area contributed by atoms with Gasteiger partial charge >= 0.3 is 5.97 Å². The molecule has 1 rings (SSSR count). The molecule has 0 atom stereocenters. The molecule has 4 nitrogen and oxygen atoms in total. The summed E-state index contributed by atoms with van der Waals surface area (Å²) in [7, 11) is 3.05. The lowest BCUT2D eigenvalue weighted by atomic mass is 10.1. The smallest absolute Gasteiger partial charge is 0.319 e. The zero-order chi connectivity index (χ0) is 11.8. The van der Waals surface area contributed by atoms with E-state index < -0.39 is 0 Å². The van der Waals surface area contributed by atoms with Crippen LogP contribution in [0.2, 0.25) is 0 Å². The molecule has 0 aromatic heterocycles. The van der Waals surface area contributed by atoms with E-state index in [1.165, 1.54) is 7.11 Å². The van der Waals surface area contributed by atoms with Gasteiger partial charge in [-0.1, -0.05) is 24.3 Å². The molecule has 1 N–H and O–H groups in total. The van der Waals surface area contributed by atoms with Crippen molar-refractivity contribution in [3.05, 3.63) is 35.4 Å². The van der Waals surface area contributed by atoms with E-state index in [-0.39, 0.29) is 12.5 Å². The third-order valence-electron chi connectivity index (χ3n) is 2.13. The number of hydrogen-bond donors (Lipinski definition) is 1. The number of ether oxygens (including phenoxy) is 2. The highest BCUT2D eigenvalue weighted by molar-refractivity contribution is 5.71. The number of benzene rings is 1. The fourth-order valence-electron chi connectivity index (χ4n) is 1.38. The minimum atomic E-state index is -0.256. The molecule has 0 spiro atoms. The Balaban J connectivity index is 2.41. The molecule has 0 saturated carbocycles. The van der Waals surface area contributed by atoms with E-state index in [0.717, 1.165) is 11.1 Å². The summed E-state index contributed by atoms with van der Waals surface area (Å²) < 4.78 is 9.58. The van der Waals surface area contributed by atoms with Crippen LogP contribution >= 0.6 is 0 Å². The van der Waals surface area contributed by atoms with Crippen LogP contribution in [0.25, 0.3) is 0 Å². The minimum absolute atomic E-state index is 0.227. The van der Waals surface area contributed by atoms with Crippen LogP contribution in [0.4, 0.5) is 0 Å². The van der Waals surface area contributed by atoms with E-state index in [9.17, 15) is 4.79 Å². The topological polar surface area (TPSA) is 47.6 Å². The molecule has 1 aromatic rings. The molecule has 0 unspecified atom stereocenters. The summed E-state index contributed by atoms with van der Waals surface area (Å²) in [5.41, 5.74) is 2.25. The average Bonchev–Trinajstić information content (AvgIpc) is 2.30. The second-order valence-corrected chi connectivity index (χ2v) is 3.43. The Bertz CT molecular complexity index is 339. The first-order chi connectivity index (χ1) is 7.76. The van der Waals surface area contributed by atoms with E-state index in [0.29, 0.717) is 13.2 Å². The molecular weight excluding hydrogens is 206 g/mol. The summed E-state index contributed by atoms with van der Waals surface area (Å²) >= 11 is 0. The predicted octanol–water partition coefficient (Wildman–Crippen LogP) is 1.10. The molecule has 0 bridgehead atoms. The standard InChI is InChI=1S/C12H17NO3/c1-15-9-11-5-3-4-10(6-11)7-13-8-12(14)16-2/h3-6,13H,7-9H2,1-2H3. The van der Waals surface area contributed by atoms with Crippen molar-refractivity contribution in [1.29, 1.82) is 0 Å². The van der Waals surface area contributed by atoms with Crippen LogP contribution in [-0.2, 0) is 27.4 Å². The molecule has 0 amide bonds. The predicted molar refractivity (Wildman–Crippen MR) is 60.9 cm³/mol. The summed E-state index contributed by atoms with van der Waals surface area (Å²) in [5.74, 6) is -0.256. The van der Waals surface area contributed by atoms with E-state index in [4.69, 9.17) is 4.74 Å². The lowest BCUT2D eigenvalue weighted by molar-refractivity contribution is -0.139. The van der Waals surface area contributed by atoms with Gasteiger partial charge in [0.05, 0.1) is 20.3 Å². The number of carbonyl (C=O) groups is 1. The van der Waals surface area contributed by atoms with Gasteiger partial charge in [-0.25, -0.2) is 0 Å². The number of hydrogen-bond acceptors (Lipinski definition) is 4. The first-order valence-corrected chi connectivity index (χ1v) is 5.10. The molecule has 0 radical (unpaired) electrons. The van der Waals surface area contributed by atoms with E-state index in [2.05, 4.69) is 10.1 Å². The van der Waals surface area contributed by atoms with Gasteiger partial charge in [-0.05, 0) is 11.1 Å². The van der Waals surface area contributed by atoms with Crippen molar-refractivity contribution in [3.63, 3.8) is 0 Å². The first kappa shape index (κ1) is 12.7. The van der Waals surface area contributed by atoms with Gasteiger partial charge in [-0.15, -0.1) is 0 Å². The number of carbonyl (C=O) groups excluding carboxylic acids is 1. The Morgan fingerprint density at radius 1 is 1.31 bits per heavy atom. The van der Waals surface area contributed by atoms with Crippen molar-refractivity contribution >= 4 is 5.97 Å². The summed E-state index contributed by atoms with van der Waals surface area (Å²) in [6.07, 6.45) is 0. The average molecular weight is 223 g/mol. The Morgan fingerprint density at radius 3 is 2.75 bits per heavy atom. The molecule has 4 heteroatoms. The van der Waals surface area contributed by atoms with Gasteiger partial charge in [0.15, 0.2) is 0 Å². The number of rotatable bonds is 6. The van der Waals surface area contributed by atoms with Gasteiger partial charge < -0.3 is 14.8 Å². The number of esters is 1. The zero-order valence-electron chi connectivity index (χ0n) is 9.66. The highest BCUT2D eigenvalue weighted by Crippen LogP contribution is 2.05. The summed E-state index contributed by atoms with van der Waals surface area (Å²) in [6, 6.07) is 8.04. The molecule has 0 saturated heterocycles. The molecule has 0 aliphatic heterocycles. The largest absolute Gasteiger partial charge is 0.468 e. The Labute approximate surface area is 95.6 Å². The van der Waals surface area contributed by atoms with E-state index in [1.807, 2.05) is 24.3 Å². The van der Waals surface area contributed by atoms with E-state index >= 15 is 0 Å². The Kier molecular flexibility index (Phi) is 5.53. The van der Waals surface area contributed by atoms with Crippen LogP contribution in [0.3, 0.4) is 0 Å². The van der Waals surface area contributed by atoms with Gasteiger partial charge in [0.25, 0.3) is 0 Å². The van der Waals surface area contributed by atoms with Crippen molar-refractivity contribution in [3.8, 4) is 0 Å². The highest BCUT2D eigenvalue weighted by Gasteiger charge is 1.99. The Morgan fingerprint density at radius 2 is 2.06 bits per heavy atom. The summed E-state index contributed by atoms with van der Waals surface area (Å²) in [4.78, 5) is 10.9. The molecule has 0 fully saturated rings. The molecule has 88 valence electrons. The lowest BCUT2D eigenvalue weighted by Crippen LogP contribution is -2.23. The monoisotopic (exact) mass is 223 g/mol. The van der Waals surface area contributed by atoms with Gasteiger partial charge in [-0.3, -0.25) is 4.79 Å². The third-order valence-corrected chi connectivity index (χ3v) is 2.13. The maximum absolute atomic E-state index is 10.9. The van der Waals surface area contributed by atoms with Crippen molar-refractivity contribution in [1.82, 2.24) is 5.32 Å². The fourth-order valence-corrected chi connectivity index (χ4v) is 1.38. The molecule has 0 heterocycles. The van der Waals surface area contributed by atoms with Crippen LogP contribution in [0.15, 0.2) is 24.3 Å². The second-order valence-electron chi connectivity index (χ2n) is 3.43.